The summed E-state index contributed by atoms with van der Waals surface area (Å²) < 4.78 is 0.640. The van der Waals surface area contributed by atoms with Crippen LogP contribution in [-0.2, 0) is 14.4 Å². The average molecular weight is 513 g/mol. The molecule has 0 heterocycles. The van der Waals surface area contributed by atoms with E-state index in [-0.39, 0.29) is 19.3 Å². The predicted octanol–water partition coefficient (Wildman–Crippen LogP) is 7.05. The summed E-state index contributed by atoms with van der Waals surface area (Å²) >= 11 is 0. The van der Waals surface area contributed by atoms with Crippen molar-refractivity contribution in [1.82, 2.24) is 0 Å². The fourth-order valence-corrected chi connectivity index (χ4v) is 5.05. The Balaban J connectivity index is 4.29. The molecular formula is C29H54NO6+. The Labute approximate surface area is 219 Å². The highest BCUT2D eigenvalue weighted by molar-refractivity contribution is 5.67. The molecule has 7 heteroatoms. The minimum atomic E-state index is -0.826. The maximum Gasteiger partial charge on any atom is 0.303 e. The molecule has 210 valence electrons. The third-order valence-corrected chi connectivity index (χ3v) is 7.11. The Bertz CT molecular complexity index is 542. The van der Waals surface area contributed by atoms with Crippen LogP contribution in [0.3, 0.4) is 0 Å². The molecule has 36 heavy (non-hydrogen) atoms. The Morgan fingerprint density at radius 2 is 0.750 bits per heavy atom. The van der Waals surface area contributed by atoms with Crippen molar-refractivity contribution in [2.75, 3.05) is 26.2 Å². The van der Waals surface area contributed by atoms with E-state index in [1.54, 1.807) is 0 Å². The van der Waals surface area contributed by atoms with Gasteiger partial charge in [-0.25, -0.2) is 0 Å². The molecule has 0 saturated heterocycles. The van der Waals surface area contributed by atoms with E-state index in [1.807, 2.05) is 6.08 Å². The number of aliphatic carboxylic acids is 3. The number of carbonyl (C=O) groups is 3. The van der Waals surface area contributed by atoms with Gasteiger partial charge in [-0.05, 0) is 25.7 Å². The number of rotatable bonds is 28. The van der Waals surface area contributed by atoms with Crippen molar-refractivity contribution in [2.24, 2.45) is 0 Å². The molecule has 0 rings (SSSR count). The van der Waals surface area contributed by atoms with Gasteiger partial charge in [-0.2, -0.15) is 0 Å². The summed E-state index contributed by atoms with van der Waals surface area (Å²) in [7, 11) is 0. The molecule has 0 fully saturated rings. The molecule has 0 aliphatic rings. The second-order valence-electron chi connectivity index (χ2n) is 10.4. The number of hydrogen-bond donors (Lipinski definition) is 3. The molecule has 3 N–H and O–H groups in total. The third-order valence-electron chi connectivity index (χ3n) is 7.11. The van der Waals surface area contributed by atoms with Crippen LogP contribution in [-0.4, -0.2) is 63.9 Å². The molecule has 0 unspecified atom stereocenters. The van der Waals surface area contributed by atoms with Gasteiger partial charge < -0.3 is 19.8 Å². The van der Waals surface area contributed by atoms with Gasteiger partial charge in [0.05, 0.1) is 45.4 Å². The molecule has 0 aromatic carbocycles. The first-order chi connectivity index (χ1) is 17.3. The fraction of sp³-hybridized carbons (Fsp3) is 0.828. The molecule has 7 nitrogen and oxygen atoms in total. The van der Waals surface area contributed by atoms with Crippen molar-refractivity contribution in [3.8, 4) is 0 Å². The smallest absolute Gasteiger partial charge is 0.303 e. The SMILES string of the molecule is C=CCCCCCCCCCCCCCCC[N+](CCCC(=O)O)(CCCC(=O)O)CCCC(=O)O. The number of allylic oxidation sites excluding steroid dienone is 1. The van der Waals surface area contributed by atoms with Gasteiger partial charge in [-0.1, -0.05) is 70.3 Å². The van der Waals surface area contributed by atoms with Crippen molar-refractivity contribution >= 4 is 17.9 Å². The lowest BCUT2D eigenvalue weighted by Gasteiger charge is -2.39. The summed E-state index contributed by atoms with van der Waals surface area (Å²) in [5.41, 5.74) is 0. The lowest BCUT2D eigenvalue weighted by Crippen LogP contribution is -2.51. The highest BCUT2D eigenvalue weighted by Gasteiger charge is 2.27. The quantitative estimate of drug-likeness (QED) is 0.0588. The third kappa shape index (κ3) is 22.6. The van der Waals surface area contributed by atoms with Gasteiger partial charge in [0.25, 0.3) is 0 Å². The van der Waals surface area contributed by atoms with Crippen LogP contribution >= 0.6 is 0 Å². The number of quaternary nitrogens is 1. The van der Waals surface area contributed by atoms with Crippen LogP contribution in [0.5, 0.6) is 0 Å². The second kappa shape index (κ2) is 23.5. The summed E-state index contributed by atoms with van der Waals surface area (Å²) in [6.07, 6.45) is 21.4. The molecule has 0 aromatic heterocycles. The van der Waals surface area contributed by atoms with E-state index < -0.39 is 17.9 Å². The van der Waals surface area contributed by atoms with Crippen molar-refractivity contribution in [3.05, 3.63) is 12.7 Å². The standard InChI is InChI=1S/C29H53NO6/c1-2-3-4-5-6-7-8-9-10-11-12-13-14-15-16-23-30(24-17-20-27(31)32,25-18-21-28(33)34)26-19-22-29(35)36/h2H,1,3-26H2,(H2-,31,32,33,34,35,36)/p+1. The van der Waals surface area contributed by atoms with E-state index in [1.165, 1.54) is 70.6 Å². The van der Waals surface area contributed by atoms with Crippen LogP contribution < -0.4 is 0 Å². The van der Waals surface area contributed by atoms with Crippen molar-refractivity contribution < 1.29 is 34.2 Å². The first-order valence-corrected chi connectivity index (χ1v) is 14.4. The fourth-order valence-electron chi connectivity index (χ4n) is 5.05. The van der Waals surface area contributed by atoms with Gasteiger partial charge >= 0.3 is 17.9 Å². The van der Waals surface area contributed by atoms with Gasteiger partial charge in [0, 0.05) is 19.3 Å². The maximum atomic E-state index is 11.0. The van der Waals surface area contributed by atoms with Gasteiger partial charge in [0.15, 0.2) is 0 Å². The van der Waals surface area contributed by atoms with E-state index in [2.05, 4.69) is 6.58 Å². The van der Waals surface area contributed by atoms with Gasteiger partial charge in [0.2, 0.25) is 0 Å². The van der Waals surface area contributed by atoms with Crippen LogP contribution in [0.25, 0.3) is 0 Å². The molecule has 0 spiro atoms. The normalized spacial score (nSPS) is 11.4. The Morgan fingerprint density at radius 3 is 1.06 bits per heavy atom. The zero-order valence-electron chi connectivity index (χ0n) is 22.8. The first kappa shape index (κ1) is 34.1. The van der Waals surface area contributed by atoms with E-state index in [0.717, 1.165) is 25.8 Å². The van der Waals surface area contributed by atoms with Crippen LogP contribution in [0.1, 0.15) is 128 Å². The number of carboxylic acids is 3. The molecule has 0 aliphatic carbocycles. The zero-order chi connectivity index (χ0) is 26.9. The molecule has 0 amide bonds. The monoisotopic (exact) mass is 512 g/mol. The van der Waals surface area contributed by atoms with E-state index in [0.29, 0.717) is 43.4 Å². The molecule has 0 radical (unpaired) electrons. The van der Waals surface area contributed by atoms with E-state index in [4.69, 9.17) is 15.3 Å². The molecule has 0 aromatic rings. The Kier molecular flexibility index (Phi) is 22.3. The highest BCUT2D eigenvalue weighted by atomic mass is 16.4. The summed E-state index contributed by atoms with van der Waals surface area (Å²) in [6, 6.07) is 0. The molecular weight excluding hydrogens is 458 g/mol. The Hall–Kier alpha value is -1.89. The number of unbranched alkanes of at least 4 members (excludes halogenated alkanes) is 13. The minimum absolute atomic E-state index is 0.0904. The van der Waals surface area contributed by atoms with Crippen LogP contribution in [0, 0.1) is 0 Å². The zero-order valence-corrected chi connectivity index (χ0v) is 22.8. The van der Waals surface area contributed by atoms with Crippen LogP contribution in [0.15, 0.2) is 12.7 Å². The van der Waals surface area contributed by atoms with E-state index >= 15 is 0 Å². The highest BCUT2D eigenvalue weighted by Crippen LogP contribution is 2.19. The summed E-state index contributed by atoms with van der Waals surface area (Å²) in [5, 5.41) is 27.2. The number of carboxylic acid groups (broad SMARTS) is 3. The summed E-state index contributed by atoms with van der Waals surface area (Å²) in [5.74, 6) is -2.48. The summed E-state index contributed by atoms with van der Waals surface area (Å²) in [6.45, 7) is 6.63. The van der Waals surface area contributed by atoms with Crippen molar-refractivity contribution in [2.45, 2.75) is 128 Å². The molecule has 0 atom stereocenters. The van der Waals surface area contributed by atoms with Gasteiger partial charge in [-0.15, -0.1) is 6.58 Å². The number of nitrogens with zero attached hydrogens (tertiary/aromatic N) is 1. The maximum absolute atomic E-state index is 11.0. The van der Waals surface area contributed by atoms with Crippen LogP contribution in [0.2, 0.25) is 0 Å². The van der Waals surface area contributed by atoms with Gasteiger partial charge in [-0.3, -0.25) is 14.4 Å². The lowest BCUT2D eigenvalue weighted by atomic mass is 10.0. The topological polar surface area (TPSA) is 112 Å². The second-order valence-corrected chi connectivity index (χ2v) is 10.4. The molecule has 0 saturated carbocycles. The van der Waals surface area contributed by atoms with E-state index in [9.17, 15) is 14.4 Å². The Morgan fingerprint density at radius 1 is 0.472 bits per heavy atom. The first-order valence-electron chi connectivity index (χ1n) is 14.4. The summed E-state index contributed by atoms with van der Waals surface area (Å²) in [4.78, 5) is 33.1. The van der Waals surface area contributed by atoms with Crippen LogP contribution in [0.4, 0.5) is 0 Å². The number of hydrogen-bond acceptors (Lipinski definition) is 3. The molecule has 0 bridgehead atoms. The van der Waals surface area contributed by atoms with Crippen molar-refractivity contribution in [1.29, 1.82) is 0 Å². The predicted molar refractivity (Wildman–Crippen MR) is 145 cm³/mol. The minimum Gasteiger partial charge on any atom is -0.481 e. The lowest BCUT2D eigenvalue weighted by molar-refractivity contribution is -0.929. The largest absolute Gasteiger partial charge is 0.481 e. The van der Waals surface area contributed by atoms with Gasteiger partial charge in [0.1, 0.15) is 0 Å². The molecule has 0 aliphatic heterocycles. The van der Waals surface area contributed by atoms with Crippen molar-refractivity contribution in [3.63, 3.8) is 0 Å². The average Bonchev–Trinajstić information content (AvgIpc) is 2.80.